The van der Waals surface area contributed by atoms with E-state index in [0.29, 0.717) is 4.88 Å². The normalized spacial score (nSPS) is 10.4. The van der Waals surface area contributed by atoms with Crippen LogP contribution >= 0.6 is 43.2 Å². The monoisotopic (exact) mass is 393 g/mol. The third-order valence-electron chi connectivity index (χ3n) is 2.16. The van der Waals surface area contributed by atoms with Crippen molar-refractivity contribution in [3.8, 4) is 5.88 Å². The molecule has 3 nitrogen and oxygen atoms in total. The number of carbonyl (C=O) groups is 1. The predicted octanol–water partition coefficient (Wildman–Crippen LogP) is 4.05. The molecule has 0 unspecified atom stereocenters. The summed E-state index contributed by atoms with van der Waals surface area (Å²) in [5.41, 5.74) is -0.0527. The Morgan fingerprint density at radius 3 is 2.78 bits per heavy atom. The van der Waals surface area contributed by atoms with Crippen LogP contribution < -0.4 is 4.74 Å². The van der Waals surface area contributed by atoms with Crippen LogP contribution in [0.3, 0.4) is 0 Å². The predicted molar refractivity (Wildman–Crippen MR) is 73.9 cm³/mol. The van der Waals surface area contributed by atoms with E-state index in [9.17, 15) is 9.18 Å². The highest BCUT2D eigenvalue weighted by Gasteiger charge is 2.20. The molecule has 2 aromatic heterocycles. The average molecular weight is 395 g/mol. The Morgan fingerprint density at radius 1 is 1.50 bits per heavy atom. The van der Waals surface area contributed by atoms with Crippen molar-refractivity contribution in [1.29, 1.82) is 0 Å². The highest BCUT2D eigenvalue weighted by molar-refractivity contribution is 9.13. The number of hydrogen-bond acceptors (Lipinski definition) is 4. The lowest BCUT2D eigenvalue weighted by Crippen LogP contribution is -2.05. The maximum atomic E-state index is 13.9. The minimum absolute atomic E-state index is 0.0527. The molecule has 0 spiro atoms. The van der Waals surface area contributed by atoms with Gasteiger partial charge in [0.25, 0.3) is 5.88 Å². The standard InChI is InChI=1S/C11H6Br2FNO2S/c1-17-11-8(14)5(2-3-15-11)9(16)7-4-6(12)10(13)18-7/h2-4H,1H3. The van der Waals surface area contributed by atoms with Gasteiger partial charge in [-0.1, -0.05) is 0 Å². The highest BCUT2D eigenvalue weighted by Crippen LogP contribution is 2.34. The van der Waals surface area contributed by atoms with Gasteiger partial charge in [0.2, 0.25) is 5.78 Å². The molecule has 94 valence electrons. The lowest BCUT2D eigenvalue weighted by Gasteiger charge is -2.04. The first-order chi connectivity index (χ1) is 8.54. The van der Waals surface area contributed by atoms with E-state index in [4.69, 9.17) is 4.74 Å². The quantitative estimate of drug-likeness (QED) is 0.737. The van der Waals surface area contributed by atoms with Gasteiger partial charge in [0.15, 0.2) is 5.82 Å². The number of nitrogens with zero attached hydrogens (tertiary/aromatic N) is 1. The van der Waals surface area contributed by atoms with Crippen LogP contribution in [0, 0.1) is 5.82 Å². The first-order valence-corrected chi connectivity index (χ1v) is 7.13. The number of methoxy groups -OCH3 is 1. The lowest BCUT2D eigenvalue weighted by molar-refractivity contribution is 0.103. The molecule has 7 heteroatoms. The molecule has 18 heavy (non-hydrogen) atoms. The Kier molecular flexibility index (Phi) is 4.14. The van der Waals surface area contributed by atoms with Gasteiger partial charge in [0.1, 0.15) is 0 Å². The highest BCUT2D eigenvalue weighted by atomic mass is 79.9. The first kappa shape index (κ1) is 13.6. The van der Waals surface area contributed by atoms with Crippen LogP contribution in [0.1, 0.15) is 15.2 Å². The van der Waals surface area contributed by atoms with Crippen LogP contribution in [0.4, 0.5) is 4.39 Å². The second kappa shape index (κ2) is 5.46. The number of thiophene rings is 1. The maximum Gasteiger partial charge on any atom is 0.250 e. The summed E-state index contributed by atoms with van der Waals surface area (Å²) in [4.78, 5) is 16.3. The Balaban J connectivity index is 2.46. The molecule has 2 rings (SSSR count). The number of aromatic nitrogens is 1. The van der Waals surface area contributed by atoms with Crippen molar-refractivity contribution in [2.75, 3.05) is 7.11 Å². The molecule has 0 atom stereocenters. The summed E-state index contributed by atoms with van der Waals surface area (Å²) >= 11 is 7.81. The van der Waals surface area contributed by atoms with Crippen LogP contribution in [0.25, 0.3) is 0 Å². The summed E-state index contributed by atoms with van der Waals surface area (Å²) in [6.45, 7) is 0. The van der Waals surface area contributed by atoms with Crippen molar-refractivity contribution in [2.45, 2.75) is 0 Å². The van der Waals surface area contributed by atoms with Gasteiger partial charge in [0.05, 0.1) is 21.3 Å². The fraction of sp³-hybridized carbons (Fsp3) is 0.0909. The Morgan fingerprint density at radius 2 is 2.22 bits per heavy atom. The lowest BCUT2D eigenvalue weighted by atomic mass is 10.1. The number of carbonyl (C=O) groups excluding carboxylic acids is 1. The first-order valence-electron chi connectivity index (χ1n) is 4.72. The molecule has 2 heterocycles. The molecule has 0 aliphatic heterocycles. The third kappa shape index (κ3) is 2.48. The summed E-state index contributed by atoms with van der Waals surface area (Å²) < 4.78 is 20.2. The third-order valence-corrected chi connectivity index (χ3v) is 5.42. The molecular formula is C11H6Br2FNO2S. The number of ether oxygens (including phenoxy) is 1. The molecule has 0 N–H and O–H groups in total. The number of halogens is 3. The van der Waals surface area contributed by atoms with E-state index in [2.05, 4.69) is 36.8 Å². The molecule has 0 amide bonds. The summed E-state index contributed by atoms with van der Waals surface area (Å²) in [6, 6.07) is 2.98. The molecule has 0 radical (unpaired) electrons. The van der Waals surface area contributed by atoms with Gasteiger partial charge in [-0.2, -0.15) is 0 Å². The summed E-state index contributed by atoms with van der Waals surface area (Å²) in [6.07, 6.45) is 1.34. The van der Waals surface area contributed by atoms with Crippen molar-refractivity contribution < 1.29 is 13.9 Å². The van der Waals surface area contributed by atoms with Gasteiger partial charge in [-0.05, 0) is 44.0 Å². The fourth-order valence-electron chi connectivity index (χ4n) is 1.33. The van der Waals surface area contributed by atoms with E-state index in [1.165, 1.54) is 30.7 Å². The Bertz CT molecular complexity index is 596. The zero-order chi connectivity index (χ0) is 13.3. The van der Waals surface area contributed by atoms with Gasteiger partial charge in [-0.3, -0.25) is 4.79 Å². The molecule has 0 saturated heterocycles. The van der Waals surface area contributed by atoms with Crippen LogP contribution in [-0.4, -0.2) is 17.9 Å². The average Bonchev–Trinajstić information content (AvgIpc) is 2.69. The summed E-state index contributed by atoms with van der Waals surface area (Å²) in [5.74, 6) is -1.33. The van der Waals surface area contributed by atoms with Crippen molar-refractivity contribution >= 4 is 49.0 Å². The minimum Gasteiger partial charge on any atom is -0.479 e. The van der Waals surface area contributed by atoms with Gasteiger partial charge in [-0.25, -0.2) is 9.37 Å². The van der Waals surface area contributed by atoms with E-state index < -0.39 is 11.6 Å². The van der Waals surface area contributed by atoms with Gasteiger partial charge < -0.3 is 4.74 Å². The Labute approximate surface area is 123 Å². The van der Waals surface area contributed by atoms with E-state index >= 15 is 0 Å². The van der Waals surface area contributed by atoms with Crippen LogP contribution in [0.2, 0.25) is 0 Å². The van der Waals surface area contributed by atoms with Crippen molar-refractivity contribution in [3.63, 3.8) is 0 Å². The van der Waals surface area contributed by atoms with E-state index in [0.717, 1.165) is 8.26 Å². The molecule has 0 fully saturated rings. The second-order valence-corrected chi connectivity index (χ2v) is 6.47. The smallest absolute Gasteiger partial charge is 0.250 e. The largest absolute Gasteiger partial charge is 0.479 e. The van der Waals surface area contributed by atoms with Gasteiger partial charge in [-0.15, -0.1) is 11.3 Å². The number of rotatable bonds is 3. The summed E-state index contributed by atoms with van der Waals surface area (Å²) in [5, 5.41) is 0. The number of ketones is 1. The topological polar surface area (TPSA) is 39.2 Å². The maximum absolute atomic E-state index is 13.9. The Hall–Kier alpha value is -0.790. The van der Waals surface area contributed by atoms with E-state index in [1.807, 2.05) is 0 Å². The molecule has 0 saturated carbocycles. The molecular weight excluding hydrogens is 389 g/mol. The molecule has 0 aliphatic carbocycles. The molecule has 2 aromatic rings. The SMILES string of the molecule is COc1nccc(C(=O)c2cc(Br)c(Br)s2)c1F. The number of pyridine rings is 1. The van der Waals surface area contributed by atoms with E-state index in [1.54, 1.807) is 6.07 Å². The fourth-order valence-corrected chi connectivity index (χ4v) is 3.32. The molecule has 0 aromatic carbocycles. The number of hydrogen-bond donors (Lipinski definition) is 0. The summed E-state index contributed by atoms with van der Waals surface area (Å²) in [7, 11) is 1.30. The van der Waals surface area contributed by atoms with Gasteiger partial charge >= 0.3 is 0 Å². The zero-order valence-corrected chi connectivity index (χ0v) is 13.0. The van der Waals surface area contributed by atoms with Crippen molar-refractivity contribution in [3.05, 3.63) is 42.8 Å². The second-order valence-electron chi connectivity index (χ2n) is 3.24. The van der Waals surface area contributed by atoms with Crippen molar-refractivity contribution in [2.24, 2.45) is 0 Å². The van der Waals surface area contributed by atoms with Crippen LogP contribution in [0.5, 0.6) is 5.88 Å². The minimum atomic E-state index is -0.745. The zero-order valence-electron chi connectivity index (χ0n) is 9.04. The van der Waals surface area contributed by atoms with Crippen molar-refractivity contribution in [1.82, 2.24) is 4.98 Å². The van der Waals surface area contributed by atoms with Crippen LogP contribution in [-0.2, 0) is 0 Å². The van der Waals surface area contributed by atoms with E-state index in [-0.39, 0.29) is 11.4 Å². The van der Waals surface area contributed by atoms with Crippen LogP contribution in [0.15, 0.2) is 26.6 Å². The molecule has 0 aliphatic rings. The molecule has 0 bridgehead atoms. The van der Waals surface area contributed by atoms with Gasteiger partial charge in [0, 0.05) is 10.7 Å².